The van der Waals surface area contributed by atoms with Crippen molar-refractivity contribution in [3.8, 4) is 17.2 Å². The Kier molecular flexibility index (Phi) is 6.64. The number of nitrogens with two attached hydrogens (primary N) is 1. The Morgan fingerprint density at radius 1 is 0.973 bits per heavy atom. The van der Waals surface area contributed by atoms with E-state index in [0.717, 1.165) is 12.8 Å². The highest BCUT2D eigenvalue weighted by molar-refractivity contribution is 6.11. The van der Waals surface area contributed by atoms with Crippen LogP contribution in [0.4, 0.5) is 5.82 Å². The van der Waals surface area contributed by atoms with E-state index in [1.807, 2.05) is 49.4 Å². The van der Waals surface area contributed by atoms with Crippen molar-refractivity contribution in [3.63, 3.8) is 0 Å². The van der Waals surface area contributed by atoms with Gasteiger partial charge in [0.05, 0.1) is 30.9 Å². The van der Waals surface area contributed by atoms with Crippen molar-refractivity contribution in [3.05, 3.63) is 83.9 Å². The molecule has 0 radical (unpaired) electrons. The quantitative estimate of drug-likeness (QED) is 0.317. The number of para-hydroxylation sites is 2. The summed E-state index contributed by atoms with van der Waals surface area (Å²) in [5.74, 6) is 1.10. The van der Waals surface area contributed by atoms with Gasteiger partial charge >= 0.3 is 0 Å². The van der Waals surface area contributed by atoms with Crippen molar-refractivity contribution < 1.29 is 14.3 Å². The molecule has 3 N–H and O–H groups in total. The summed E-state index contributed by atoms with van der Waals surface area (Å²) >= 11 is 0. The van der Waals surface area contributed by atoms with Crippen molar-refractivity contribution in [2.75, 3.05) is 20.0 Å². The molecule has 8 nitrogen and oxygen atoms in total. The van der Waals surface area contributed by atoms with E-state index in [0.29, 0.717) is 39.4 Å². The van der Waals surface area contributed by atoms with Crippen molar-refractivity contribution >= 4 is 33.9 Å². The predicted octanol–water partition coefficient (Wildman–Crippen LogP) is 4.92. The smallest absolute Gasteiger partial charge is 0.257 e. The molecule has 0 aliphatic heterocycles. The van der Waals surface area contributed by atoms with Gasteiger partial charge in [0, 0.05) is 12.1 Å². The van der Waals surface area contributed by atoms with Gasteiger partial charge < -0.3 is 20.5 Å². The van der Waals surface area contributed by atoms with Crippen molar-refractivity contribution in [1.82, 2.24) is 19.9 Å². The molecule has 1 unspecified atom stereocenters. The van der Waals surface area contributed by atoms with Crippen molar-refractivity contribution in [2.24, 2.45) is 0 Å². The lowest BCUT2D eigenvalue weighted by atomic mass is 10.1. The molecular weight excluding hydrogens is 466 g/mol. The minimum Gasteiger partial charge on any atom is -0.497 e. The zero-order valence-corrected chi connectivity index (χ0v) is 21.1. The fourth-order valence-corrected chi connectivity index (χ4v) is 4.50. The van der Waals surface area contributed by atoms with E-state index >= 15 is 0 Å². The summed E-state index contributed by atoms with van der Waals surface area (Å²) in [6.45, 7) is 1.99. The lowest BCUT2D eigenvalue weighted by Gasteiger charge is -2.15. The van der Waals surface area contributed by atoms with Gasteiger partial charge in [0.25, 0.3) is 5.91 Å². The molecule has 2 aromatic heterocycles. The predicted molar refractivity (Wildman–Crippen MR) is 146 cm³/mol. The molecule has 0 fully saturated rings. The summed E-state index contributed by atoms with van der Waals surface area (Å²) in [6.07, 6.45) is 1.64. The Hall–Kier alpha value is -4.59. The third-order valence-corrected chi connectivity index (χ3v) is 6.44. The number of nitrogens with one attached hydrogen (secondary N) is 1. The van der Waals surface area contributed by atoms with Crippen LogP contribution in [0.5, 0.6) is 11.5 Å². The summed E-state index contributed by atoms with van der Waals surface area (Å²) in [7, 11) is 3.17. The number of benzene rings is 3. The Morgan fingerprint density at radius 3 is 2.38 bits per heavy atom. The average Bonchev–Trinajstić information content (AvgIpc) is 3.21. The molecule has 0 saturated heterocycles. The summed E-state index contributed by atoms with van der Waals surface area (Å²) < 4.78 is 12.8. The first-order valence-electron chi connectivity index (χ1n) is 12.1. The molecule has 0 bridgehead atoms. The number of nitrogen functional groups attached to an aromatic ring is 1. The van der Waals surface area contributed by atoms with Gasteiger partial charge in [-0.05, 0) is 49.6 Å². The van der Waals surface area contributed by atoms with E-state index in [4.69, 9.17) is 25.2 Å². The zero-order valence-electron chi connectivity index (χ0n) is 21.1. The largest absolute Gasteiger partial charge is 0.497 e. The van der Waals surface area contributed by atoms with E-state index in [2.05, 4.69) is 17.4 Å². The third kappa shape index (κ3) is 4.65. The maximum absolute atomic E-state index is 13.6. The molecule has 0 saturated carbocycles. The van der Waals surface area contributed by atoms with E-state index in [1.165, 1.54) is 5.56 Å². The number of hydrogen-bond donors (Lipinski definition) is 2. The number of anilines is 1. The summed E-state index contributed by atoms with van der Waals surface area (Å²) in [5, 5.41) is 3.11. The van der Waals surface area contributed by atoms with E-state index in [1.54, 1.807) is 37.0 Å². The van der Waals surface area contributed by atoms with Crippen LogP contribution >= 0.6 is 0 Å². The second-order valence-electron chi connectivity index (χ2n) is 8.92. The molecule has 1 atom stereocenters. The molecule has 2 heterocycles. The molecular formula is C29H29N5O3. The van der Waals surface area contributed by atoms with Gasteiger partial charge in [0.2, 0.25) is 0 Å². The minimum atomic E-state index is -0.298. The number of nitrogens with zero attached hydrogens (tertiary/aromatic N) is 3. The zero-order chi connectivity index (χ0) is 25.9. The number of fused-ring (bicyclic) bond motifs is 2. The normalized spacial score (nSPS) is 12.0. The Labute approximate surface area is 215 Å². The molecule has 0 aliphatic rings. The molecule has 8 heteroatoms. The summed E-state index contributed by atoms with van der Waals surface area (Å²) in [5.41, 5.74) is 11.1. The van der Waals surface area contributed by atoms with E-state index in [9.17, 15) is 4.79 Å². The number of methoxy groups -OCH3 is 2. The third-order valence-electron chi connectivity index (χ3n) is 6.44. The average molecular weight is 496 g/mol. The van der Waals surface area contributed by atoms with Crippen LogP contribution in [0.2, 0.25) is 0 Å². The highest BCUT2D eigenvalue weighted by Gasteiger charge is 2.27. The molecule has 0 spiro atoms. The standard InChI is InChI=1S/C29H29N5O3/c1-18(13-14-19-9-5-4-6-10-19)31-29(35)25-26-28(33-22-12-8-7-11-21(22)32-26)34(27(25)30)23-17-20(36-2)15-16-24(23)37-3/h4-12,15-18H,13-14,30H2,1-3H3,(H,31,35). The second-order valence-corrected chi connectivity index (χ2v) is 8.92. The molecule has 5 aromatic rings. The summed E-state index contributed by atoms with van der Waals surface area (Å²) in [4.78, 5) is 23.3. The van der Waals surface area contributed by atoms with Crippen LogP contribution in [-0.2, 0) is 6.42 Å². The Morgan fingerprint density at radius 2 is 1.68 bits per heavy atom. The highest BCUT2D eigenvalue weighted by atomic mass is 16.5. The van der Waals surface area contributed by atoms with Gasteiger partial charge in [-0.2, -0.15) is 0 Å². The monoisotopic (exact) mass is 495 g/mol. The van der Waals surface area contributed by atoms with Gasteiger partial charge in [-0.25, -0.2) is 9.97 Å². The number of carbonyl (C=O) groups excluding carboxylic acids is 1. The van der Waals surface area contributed by atoms with Gasteiger partial charge in [-0.15, -0.1) is 0 Å². The molecule has 1 amide bonds. The molecule has 188 valence electrons. The summed E-state index contributed by atoms with van der Waals surface area (Å²) in [6, 6.07) is 23.0. The second kappa shape index (κ2) is 10.2. The van der Waals surface area contributed by atoms with Gasteiger partial charge in [-0.1, -0.05) is 42.5 Å². The molecule has 37 heavy (non-hydrogen) atoms. The van der Waals surface area contributed by atoms with Crippen LogP contribution in [0.15, 0.2) is 72.8 Å². The van der Waals surface area contributed by atoms with Gasteiger partial charge in [0.1, 0.15) is 28.4 Å². The van der Waals surface area contributed by atoms with Crippen molar-refractivity contribution in [1.29, 1.82) is 0 Å². The van der Waals surface area contributed by atoms with Crippen LogP contribution in [0.3, 0.4) is 0 Å². The number of carbonyl (C=O) groups is 1. The topological polar surface area (TPSA) is 104 Å². The Bertz CT molecular complexity index is 1580. The maximum Gasteiger partial charge on any atom is 0.257 e. The molecule has 5 rings (SSSR count). The number of ether oxygens (including phenoxy) is 2. The van der Waals surface area contributed by atoms with Crippen LogP contribution in [0.25, 0.3) is 27.9 Å². The first-order chi connectivity index (χ1) is 18.0. The first-order valence-corrected chi connectivity index (χ1v) is 12.1. The van der Waals surface area contributed by atoms with Gasteiger partial charge in [-0.3, -0.25) is 9.36 Å². The van der Waals surface area contributed by atoms with Crippen molar-refractivity contribution in [2.45, 2.75) is 25.8 Å². The minimum absolute atomic E-state index is 0.0784. The number of amides is 1. The number of hydrogen-bond acceptors (Lipinski definition) is 6. The van der Waals surface area contributed by atoms with Crippen LogP contribution < -0.4 is 20.5 Å². The Balaban J connectivity index is 1.60. The number of rotatable bonds is 8. The van der Waals surface area contributed by atoms with Gasteiger partial charge in [0.15, 0.2) is 5.65 Å². The van der Waals surface area contributed by atoms with E-state index in [-0.39, 0.29) is 23.3 Å². The fourth-order valence-electron chi connectivity index (χ4n) is 4.50. The SMILES string of the molecule is COc1ccc(OC)c(-n2c(N)c(C(=O)NC(C)CCc3ccccc3)c3nc4ccccc4nc32)c1. The lowest BCUT2D eigenvalue weighted by Crippen LogP contribution is -2.33. The number of aryl methyl sites for hydroxylation is 1. The first kappa shape index (κ1) is 24.1. The molecule has 0 aliphatic carbocycles. The lowest BCUT2D eigenvalue weighted by molar-refractivity contribution is 0.0941. The van der Waals surface area contributed by atoms with Crippen LogP contribution in [0.1, 0.15) is 29.3 Å². The van der Waals surface area contributed by atoms with Crippen LogP contribution in [0, 0.1) is 0 Å². The van der Waals surface area contributed by atoms with E-state index < -0.39 is 0 Å². The highest BCUT2D eigenvalue weighted by Crippen LogP contribution is 2.36. The van der Waals surface area contributed by atoms with Crippen LogP contribution in [-0.4, -0.2) is 40.7 Å². The fraction of sp³-hybridized carbons (Fsp3) is 0.207. The number of aromatic nitrogens is 3. The molecule has 3 aromatic carbocycles. The maximum atomic E-state index is 13.6.